The number of methoxy groups -OCH3 is 1. The predicted octanol–water partition coefficient (Wildman–Crippen LogP) is 2.37. The summed E-state index contributed by atoms with van der Waals surface area (Å²) in [6.07, 6.45) is 0.655. The summed E-state index contributed by atoms with van der Waals surface area (Å²) in [5.74, 6) is 0.0881. The molecule has 226 valence electrons. The van der Waals surface area contributed by atoms with Gasteiger partial charge in [0.2, 0.25) is 0 Å². The lowest BCUT2D eigenvalue weighted by Gasteiger charge is -2.39. The number of likely N-dealkylation sites (tertiary alicyclic amines) is 1. The monoisotopic (exact) mass is 588 g/mol. The number of nitrogens with zero attached hydrogens (tertiary/aromatic N) is 2. The van der Waals surface area contributed by atoms with Crippen molar-refractivity contribution in [3.63, 3.8) is 0 Å². The van der Waals surface area contributed by atoms with Gasteiger partial charge in [0.15, 0.2) is 18.1 Å². The van der Waals surface area contributed by atoms with Crippen LogP contribution in [-0.4, -0.2) is 66.1 Å². The van der Waals surface area contributed by atoms with Gasteiger partial charge in [0.05, 0.1) is 13.2 Å². The van der Waals surface area contributed by atoms with Gasteiger partial charge in [-0.2, -0.15) is 0 Å². The molecule has 3 amide bonds. The second-order valence-electron chi connectivity index (χ2n) is 10.8. The van der Waals surface area contributed by atoms with Crippen LogP contribution in [0.2, 0.25) is 0 Å². The normalized spacial score (nSPS) is 18.8. The van der Waals surface area contributed by atoms with Gasteiger partial charge in [-0.05, 0) is 60.9 Å². The van der Waals surface area contributed by atoms with Gasteiger partial charge in [0, 0.05) is 44.4 Å². The number of hydrogen-bond donors (Lipinski definition) is 2. The van der Waals surface area contributed by atoms with Gasteiger partial charge in [0.1, 0.15) is 17.4 Å². The van der Waals surface area contributed by atoms with E-state index < -0.39 is 18.1 Å². The minimum absolute atomic E-state index is 0.0999. The lowest BCUT2D eigenvalue weighted by atomic mass is 9.99. The summed E-state index contributed by atoms with van der Waals surface area (Å²) in [5, 5.41) is 5.85. The number of amides is 3. The van der Waals surface area contributed by atoms with Crippen LogP contribution >= 0.6 is 0 Å². The van der Waals surface area contributed by atoms with E-state index in [1.54, 1.807) is 30.1 Å². The molecule has 2 N–H and O–H groups in total. The molecular formula is C32H36N4O7. The van der Waals surface area contributed by atoms with Crippen LogP contribution < -0.4 is 30.4 Å². The van der Waals surface area contributed by atoms with Crippen LogP contribution in [-0.2, 0) is 24.8 Å². The molecule has 43 heavy (non-hydrogen) atoms. The molecule has 2 atom stereocenters. The number of pyridine rings is 1. The molecule has 2 aromatic carbocycles. The first-order chi connectivity index (χ1) is 20.7. The quantitative estimate of drug-likeness (QED) is 0.481. The summed E-state index contributed by atoms with van der Waals surface area (Å²) in [5.41, 5.74) is 2.67. The van der Waals surface area contributed by atoms with Crippen molar-refractivity contribution in [1.29, 1.82) is 0 Å². The molecule has 6 rings (SSSR count). The topological polar surface area (TPSA) is 128 Å². The van der Waals surface area contributed by atoms with Crippen molar-refractivity contribution in [2.24, 2.45) is 7.05 Å². The SMILES string of the molecule is CCc1c(C)cc(C(=O)N2CC[C@H]3Oc4ccc(cc4)CNC(=O)COc4cc(ccc4OC)C(=O)N[C@H]3C2)c(=O)n1C. The molecule has 0 saturated carbocycles. The second kappa shape index (κ2) is 12.6. The second-order valence-corrected chi connectivity index (χ2v) is 10.8. The minimum Gasteiger partial charge on any atom is -0.493 e. The van der Waals surface area contributed by atoms with Crippen molar-refractivity contribution in [3.05, 3.63) is 86.8 Å². The number of piperidine rings is 1. The van der Waals surface area contributed by atoms with Crippen molar-refractivity contribution in [3.8, 4) is 17.2 Å². The van der Waals surface area contributed by atoms with Gasteiger partial charge in [-0.25, -0.2) is 0 Å². The van der Waals surface area contributed by atoms with Crippen LogP contribution in [0.25, 0.3) is 0 Å². The molecular weight excluding hydrogens is 552 g/mol. The molecule has 0 spiro atoms. The maximum atomic E-state index is 13.7. The Bertz CT molecular complexity index is 1600. The molecule has 1 saturated heterocycles. The summed E-state index contributed by atoms with van der Waals surface area (Å²) in [7, 11) is 3.15. The van der Waals surface area contributed by atoms with Crippen molar-refractivity contribution in [2.75, 3.05) is 26.8 Å². The zero-order valence-corrected chi connectivity index (χ0v) is 24.8. The molecule has 11 nitrogen and oxygen atoms in total. The van der Waals surface area contributed by atoms with E-state index in [-0.39, 0.29) is 47.4 Å². The maximum absolute atomic E-state index is 13.7. The highest BCUT2D eigenvalue weighted by Crippen LogP contribution is 2.29. The fourth-order valence-electron chi connectivity index (χ4n) is 5.60. The first kappa shape index (κ1) is 29.7. The molecule has 3 aliphatic rings. The summed E-state index contributed by atoms with van der Waals surface area (Å²) >= 11 is 0. The number of aryl methyl sites for hydroxylation is 1. The van der Waals surface area contributed by atoms with Gasteiger partial charge in [0.25, 0.3) is 23.3 Å². The van der Waals surface area contributed by atoms with E-state index in [1.165, 1.54) is 17.7 Å². The lowest BCUT2D eigenvalue weighted by molar-refractivity contribution is -0.123. The zero-order valence-electron chi connectivity index (χ0n) is 24.8. The third kappa shape index (κ3) is 6.35. The zero-order chi connectivity index (χ0) is 30.7. The highest BCUT2D eigenvalue weighted by Gasteiger charge is 2.35. The molecule has 1 aromatic heterocycles. The molecule has 4 bridgehead atoms. The molecule has 4 heterocycles. The Hall–Kier alpha value is -4.80. The van der Waals surface area contributed by atoms with Crippen molar-refractivity contribution < 1.29 is 28.6 Å². The highest BCUT2D eigenvalue weighted by molar-refractivity contribution is 5.96. The Kier molecular flexibility index (Phi) is 8.70. The Morgan fingerprint density at radius 1 is 1.09 bits per heavy atom. The van der Waals surface area contributed by atoms with Crippen molar-refractivity contribution >= 4 is 17.7 Å². The van der Waals surface area contributed by atoms with E-state index in [2.05, 4.69) is 10.6 Å². The van der Waals surface area contributed by atoms with E-state index in [4.69, 9.17) is 14.2 Å². The fraction of sp³-hybridized carbons (Fsp3) is 0.375. The van der Waals surface area contributed by atoms with E-state index in [0.717, 1.165) is 16.8 Å². The van der Waals surface area contributed by atoms with Crippen molar-refractivity contribution in [2.45, 2.75) is 45.4 Å². The molecule has 0 unspecified atom stereocenters. The fourth-order valence-corrected chi connectivity index (χ4v) is 5.60. The Labute approximate surface area is 249 Å². The van der Waals surface area contributed by atoms with Crippen LogP contribution in [0.3, 0.4) is 0 Å². The number of carbonyl (C=O) groups excluding carboxylic acids is 3. The number of benzene rings is 2. The minimum atomic E-state index is -0.588. The third-order valence-electron chi connectivity index (χ3n) is 7.96. The van der Waals surface area contributed by atoms with Crippen LogP contribution in [0.4, 0.5) is 0 Å². The van der Waals surface area contributed by atoms with Crippen LogP contribution in [0, 0.1) is 6.92 Å². The highest BCUT2D eigenvalue weighted by atomic mass is 16.5. The van der Waals surface area contributed by atoms with Gasteiger partial charge >= 0.3 is 0 Å². The number of fused-ring (bicyclic) bond motifs is 7. The van der Waals surface area contributed by atoms with Gasteiger partial charge < -0.3 is 34.3 Å². The largest absolute Gasteiger partial charge is 0.493 e. The average molecular weight is 589 g/mol. The number of aromatic nitrogens is 1. The van der Waals surface area contributed by atoms with Gasteiger partial charge in [-0.1, -0.05) is 19.1 Å². The third-order valence-corrected chi connectivity index (χ3v) is 7.96. The smallest absolute Gasteiger partial charge is 0.263 e. The number of nitrogens with one attached hydrogen (secondary N) is 2. The van der Waals surface area contributed by atoms with E-state index in [0.29, 0.717) is 37.4 Å². The Morgan fingerprint density at radius 2 is 1.86 bits per heavy atom. The summed E-state index contributed by atoms with van der Waals surface area (Å²) in [4.78, 5) is 54.3. The maximum Gasteiger partial charge on any atom is 0.263 e. The standard InChI is InChI=1S/C32H36N4O7/c1-5-25-19(2)14-23(31(39)35(25)3)32(40)36-13-12-26-24(17-36)34-30(38)21-8-11-27(41-4)28(15-21)42-18-29(37)33-16-20-6-9-22(43-26)10-7-20/h6-11,14-15,24,26H,5,12-13,16-18H2,1-4H3,(H,33,37)(H,34,38)/t24-,26+/m0/s1. The summed E-state index contributed by atoms with van der Waals surface area (Å²) in [6.45, 7) is 4.39. The first-order valence-electron chi connectivity index (χ1n) is 14.3. The molecule has 0 radical (unpaired) electrons. The molecule has 11 heteroatoms. The molecule has 0 aliphatic carbocycles. The van der Waals surface area contributed by atoms with E-state index >= 15 is 0 Å². The Morgan fingerprint density at radius 3 is 2.58 bits per heavy atom. The van der Waals surface area contributed by atoms with Crippen molar-refractivity contribution in [1.82, 2.24) is 20.1 Å². The molecule has 1 fully saturated rings. The number of hydrogen-bond acceptors (Lipinski definition) is 7. The van der Waals surface area contributed by atoms with Crippen LogP contribution in [0.1, 0.15) is 50.9 Å². The van der Waals surface area contributed by atoms with Gasteiger partial charge in [-0.3, -0.25) is 19.2 Å². The molecule has 3 aliphatic heterocycles. The van der Waals surface area contributed by atoms with Gasteiger partial charge in [-0.15, -0.1) is 0 Å². The van der Waals surface area contributed by atoms with Crippen LogP contribution in [0.5, 0.6) is 17.2 Å². The number of rotatable bonds is 3. The van der Waals surface area contributed by atoms with E-state index in [9.17, 15) is 19.2 Å². The molecule has 3 aromatic rings. The predicted molar refractivity (Wildman–Crippen MR) is 159 cm³/mol. The summed E-state index contributed by atoms with van der Waals surface area (Å²) in [6, 6.07) is 13.1. The number of ether oxygens (including phenoxy) is 3. The number of carbonyl (C=O) groups is 3. The van der Waals surface area contributed by atoms with E-state index in [1.807, 2.05) is 38.1 Å². The van der Waals surface area contributed by atoms with Crippen LogP contribution in [0.15, 0.2) is 53.3 Å². The average Bonchev–Trinajstić information content (AvgIpc) is 3.01. The summed E-state index contributed by atoms with van der Waals surface area (Å²) < 4.78 is 18.9. The lowest BCUT2D eigenvalue weighted by Crippen LogP contribution is -2.58. The first-order valence-corrected chi connectivity index (χ1v) is 14.3. The Balaban J connectivity index is 1.46.